The van der Waals surface area contributed by atoms with Crippen molar-refractivity contribution in [2.24, 2.45) is 5.92 Å². The maximum absolute atomic E-state index is 12.1. The molecule has 0 saturated carbocycles. The quantitative estimate of drug-likeness (QED) is 0.643. The second-order valence-corrected chi connectivity index (χ2v) is 7.15. The molecule has 1 atom stereocenters. The van der Waals surface area contributed by atoms with Crippen molar-refractivity contribution in [1.29, 1.82) is 0 Å². The van der Waals surface area contributed by atoms with E-state index in [-0.39, 0.29) is 11.8 Å². The lowest BCUT2D eigenvalue weighted by Crippen LogP contribution is -2.41. The molecule has 1 N–H and O–H groups in total. The number of likely N-dealkylation sites (tertiary alicyclic amines) is 1. The van der Waals surface area contributed by atoms with Crippen molar-refractivity contribution < 1.29 is 4.79 Å². The summed E-state index contributed by atoms with van der Waals surface area (Å²) in [4.78, 5) is 15.5. The summed E-state index contributed by atoms with van der Waals surface area (Å²) in [6.07, 6.45) is 3.14. The topological polar surface area (TPSA) is 32.3 Å². The number of rotatable bonds is 6. The van der Waals surface area contributed by atoms with Gasteiger partial charge < -0.3 is 10.2 Å². The number of nitrogens with one attached hydrogen (secondary N) is 1. The van der Waals surface area contributed by atoms with Crippen molar-refractivity contribution in [1.82, 2.24) is 10.2 Å². The Labute approximate surface area is 136 Å². The number of carbonyl (C=O) groups excluding carboxylic acids is 1. The van der Waals surface area contributed by atoms with Crippen molar-refractivity contribution in [3.05, 3.63) is 29.3 Å². The summed E-state index contributed by atoms with van der Waals surface area (Å²) in [5, 5.41) is 3.84. The summed E-state index contributed by atoms with van der Waals surface area (Å²) < 4.78 is 0. The normalized spacial score (nSPS) is 19.4. The molecule has 1 aromatic carbocycles. The zero-order chi connectivity index (χ0) is 15.1. The summed E-state index contributed by atoms with van der Waals surface area (Å²) in [5.41, 5.74) is 0. The number of nitrogens with zero attached hydrogens (tertiary/aromatic N) is 1. The van der Waals surface area contributed by atoms with Gasteiger partial charge in [0.1, 0.15) is 0 Å². The van der Waals surface area contributed by atoms with Crippen LogP contribution in [0.1, 0.15) is 19.3 Å². The molecule has 1 fully saturated rings. The van der Waals surface area contributed by atoms with Gasteiger partial charge in [-0.3, -0.25) is 4.79 Å². The van der Waals surface area contributed by atoms with Crippen LogP contribution in [0.3, 0.4) is 0 Å². The molecule has 5 heteroatoms. The second-order valence-electron chi connectivity index (χ2n) is 5.55. The molecule has 0 bridgehead atoms. The highest BCUT2D eigenvalue weighted by Crippen LogP contribution is 2.20. The average Bonchev–Trinajstić information content (AvgIpc) is 2.48. The van der Waals surface area contributed by atoms with Gasteiger partial charge in [-0.1, -0.05) is 11.6 Å². The van der Waals surface area contributed by atoms with Crippen molar-refractivity contribution >= 4 is 29.3 Å². The van der Waals surface area contributed by atoms with Crippen LogP contribution in [0, 0.1) is 5.92 Å². The molecule has 21 heavy (non-hydrogen) atoms. The van der Waals surface area contributed by atoms with E-state index in [0.717, 1.165) is 49.7 Å². The lowest BCUT2D eigenvalue weighted by molar-refractivity contribution is -0.126. The van der Waals surface area contributed by atoms with Crippen LogP contribution in [0.2, 0.25) is 5.02 Å². The van der Waals surface area contributed by atoms with Crippen LogP contribution >= 0.6 is 23.4 Å². The van der Waals surface area contributed by atoms with E-state index >= 15 is 0 Å². The Morgan fingerprint density at radius 2 is 2.19 bits per heavy atom. The van der Waals surface area contributed by atoms with E-state index in [4.69, 9.17) is 11.6 Å². The first kappa shape index (κ1) is 16.7. The van der Waals surface area contributed by atoms with Crippen LogP contribution in [0.25, 0.3) is 0 Å². The third-order valence-corrected chi connectivity index (χ3v) is 5.05. The highest BCUT2D eigenvalue weighted by atomic mass is 35.5. The number of piperidine rings is 1. The fourth-order valence-corrected chi connectivity index (χ4v) is 3.51. The average molecular weight is 327 g/mol. The zero-order valence-electron chi connectivity index (χ0n) is 12.5. The third-order valence-electron chi connectivity index (χ3n) is 3.70. The maximum atomic E-state index is 12.1. The van der Waals surface area contributed by atoms with E-state index in [1.807, 2.05) is 24.3 Å². The van der Waals surface area contributed by atoms with Gasteiger partial charge in [-0.2, -0.15) is 0 Å². The molecule has 0 unspecified atom stereocenters. The number of carbonyl (C=O) groups is 1. The lowest BCUT2D eigenvalue weighted by Gasteiger charge is -2.28. The van der Waals surface area contributed by atoms with E-state index in [1.165, 1.54) is 4.90 Å². The van der Waals surface area contributed by atoms with Gasteiger partial charge >= 0.3 is 0 Å². The van der Waals surface area contributed by atoms with E-state index in [1.54, 1.807) is 11.8 Å². The summed E-state index contributed by atoms with van der Waals surface area (Å²) in [6, 6.07) is 7.88. The Morgan fingerprint density at radius 1 is 1.43 bits per heavy atom. The van der Waals surface area contributed by atoms with Crippen LogP contribution in [-0.4, -0.2) is 43.2 Å². The molecule has 1 saturated heterocycles. The molecular formula is C16H23ClN2OS. The lowest BCUT2D eigenvalue weighted by atomic mass is 9.98. The van der Waals surface area contributed by atoms with Crippen LogP contribution < -0.4 is 5.32 Å². The van der Waals surface area contributed by atoms with Crippen LogP contribution in [0.5, 0.6) is 0 Å². The first-order chi connectivity index (χ1) is 10.1. The smallest absolute Gasteiger partial charge is 0.224 e. The largest absolute Gasteiger partial charge is 0.356 e. The Hall–Kier alpha value is -0.710. The standard InChI is InChI=1S/C16H23ClN2OS/c1-19-10-2-4-13(12-19)16(20)18-9-3-11-21-15-7-5-14(17)6-8-15/h5-8,13H,2-4,9-12H2,1H3,(H,18,20)/t13-/m0/s1. The molecule has 1 heterocycles. The Kier molecular flexibility index (Phi) is 6.87. The zero-order valence-corrected chi connectivity index (χ0v) is 14.1. The fraction of sp³-hybridized carbons (Fsp3) is 0.562. The first-order valence-electron chi connectivity index (χ1n) is 7.50. The SMILES string of the molecule is CN1CCC[C@H](C(=O)NCCCSc2ccc(Cl)cc2)C1. The fourth-order valence-electron chi connectivity index (χ4n) is 2.53. The predicted octanol–water partition coefficient (Wildman–Crippen LogP) is 3.28. The third kappa shape index (κ3) is 5.89. The molecule has 116 valence electrons. The van der Waals surface area contributed by atoms with E-state index in [0.29, 0.717) is 0 Å². The molecule has 0 aliphatic carbocycles. The van der Waals surface area contributed by atoms with Crippen LogP contribution in [-0.2, 0) is 4.79 Å². The number of hydrogen-bond acceptors (Lipinski definition) is 3. The second kappa shape index (κ2) is 8.66. The summed E-state index contributed by atoms with van der Waals surface area (Å²) in [5.74, 6) is 1.40. The molecule has 0 spiro atoms. The summed E-state index contributed by atoms with van der Waals surface area (Å²) >= 11 is 7.65. The van der Waals surface area contributed by atoms with Gasteiger partial charge in [-0.15, -0.1) is 11.8 Å². The molecule has 1 aromatic rings. The van der Waals surface area contributed by atoms with Gasteiger partial charge in [0.15, 0.2) is 0 Å². The highest BCUT2D eigenvalue weighted by molar-refractivity contribution is 7.99. The minimum Gasteiger partial charge on any atom is -0.356 e. The van der Waals surface area contributed by atoms with Gasteiger partial charge in [0.25, 0.3) is 0 Å². The van der Waals surface area contributed by atoms with Gasteiger partial charge in [-0.25, -0.2) is 0 Å². The summed E-state index contributed by atoms with van der Waals surface area (Å²) in [7, 11) is 2.09. The molecule has 1 aliphatic rings. The number of amides is 1. The molecule has 0 radical (unpaired) electrons. The number of benzene rings is 1. The van der Waals surface area contributed by atoms with E-state index in [9.17, 15) is 4.79 Å². The molecule has 2 rings (SSSR count). The predicted molar refractivity (Wildman–Crippen MR) is 90.0 cm³/mol. The van der Waals surface area contributed by atoms with Crippen molar-refractivity contribution in [3.8, 4) is 0 Å². The number of hydrogen-bond donors (Lipinski definition) is 1. The van der Waals surface area contributed by atoms with Gasteiger partial charge in [-0.05, 0) is 62.9 Å². The Bertz CT molecular complexity index is 452. The van der Waals surface area contributed by atoms with Crippen LogP contribution in [0.4, 0.5) is 0 Å². The first-order valence-corrected chi connectivity index (χ1v) is 8.86. The van der Waals surface area contributed by atoms with Crippen LogP contribution in [0.15, 0.2) is 29.2 Å². The minimum atomic E-state index is 0.174. The maximum Gasteiger partial charge on any atom is 0.224 e. The van der Waals surface area contributed by atoms with E-state index < -0.39 is 0 Å². The van der Waals surface area contributed by atoms with Crippen molar-refractivity contribution in [3.63, 3.8) is 0 Å². The van der Waals surface area contributed by atoms with Crippen molar-refractivity contribution in [2.75, 3.05) is 32.4 Å². The number of halogens is 1. The van der Waals surface area contributed by atoms with Crippen molar-refractivity contribution in [2.45, 2.75) is 24.2 Å². The van der Waals surface area contributed by atoms with E-state index in [2.05, 4.69) is 17.3 Å². The molecule has 1 amide bonds. The molecule has 0 aromatic heterocycles. The molecule has 1 aliphatic heterocycles. The Balaban J connectivity index is 1.59. The van der Waals surface area contributed by atoms with Gasteiger partial charge in [0.2, 0.25) is 5.91 Å². The monoisotopic (exact) mass is 326 g/mol. The Morgan fingerprint density at radius 3 is 2.90 bits per heavy atom. The molecular weight excluding hydrogens is 304 g/mol. The minimum absolute atomic E-state index is 0.174. The summed E-state index contributed by atoms with van der Waals surface area (Å²) in [6.45, 7) is 2.77. The highest BCUT2D eigenvalue weighted by Gasteiger charge is 2.23. The number of thioether (sulfide) groups is 1. The van der Waals surface area contributed by atoms with Gasteiger partial charge in [0, 0.05) is 23.0 Å². The molecule has 3 nitrogen and oxygen atoms in total. The van der Waals surface area contributed by atoms with Gasteiger partial charge in [0.05, 0.1) is 5.92 Å².